The highest BCUT2D eigenvalue weighted by molar-refractivity contribution is 5.91. The summed E-state index contributed by atoms with van der Waals surface area (Å²) < 4.78 is 5.10. The Labute approximate surface area is 133 Å². The van der Waals surface area contributed by atoms with Gasteiger partial charge in [0.1, 0.15) is 0 Å². The molecule has 0 aromatic carbocycles. The molecule has 1 aliphatic heterocycles. The maximum Gasteiger partial charge on any atom is 0.315 e. The Bertz CT molecular complexity index is 574. The Morgan fingerprint density at radius 2 is 1.83 bits per heavy atom. The minimum atomic E-state index is -0.299. The van der Waals surface area contributed by atoms with Gasteiger partial charge in [0.05, 0.1) is 12.8 Å². The zero-order valence-electron chi connectivity index (χ0n) is 12.8. The van der Waals surface area contributed by atoms with Gasteiger partial charge in [0.15, 0.2) is 5.76 Å². The predicted molar refractivity (Wildman–Crippen MR) is 80.7 cm³/mol. The number of carbonyl (C=O) groups excluding carboxylic acids is 3. The molecule has 1 aromatic heterocycles. The zero-order valence-corrected chi connectivity index (χ0v) is 12.8. The molecule has 4 amide bonds. The van der Waals surface area contributed by atoms with Crippen LogP contribution in [0.25, 0.3) is 0 Å². The van der Waals surface area contributed by atoms with Crippen LogP contribution in [-0.2, 0) is 4.79 Å². The van der Waals surface area contributed by atoms with E-state index in [4.69, 9.17) is 4.42 Å². The number of nitrogens with one attached hydrogen (secondary N) is 2. The highest BCUT2D eigenvalue weighted by atomic mass is 16.3. The van der Waals surface area contributed by atoms with Crippen LogP contribution in [0.3, 0.4) is 0 Å². The second-order valence-electron chi connectivity index (χ2n) is 5.75. The number of hydrogen-bond acceptors (Lipinski definition) is 4. The largest absolute Gasteiger partial charge is 0.459 e. The molecule has 2 heterocycles. The summed E-state index contributed by atoms with van der Waals surface area (Å²) >= 11 is 0. The predicted octanol–water partition coefficient (Wildman–Crippen LogP) is 0.0256. The van der Waals surface area contributed by atoms with Crippen molar-refractivity contribution in [3.05, 3.63) is 24.2 Å². The van der Waals surface area contributed by atoms with Crippen LogP contribution in [-0.4, -0.2) is 66.4 Å². The van der Waals surface area contributed by atoms with Crippen LogP contribution in [0.4, 0.5) is 4.79 Å². The lowest BCUT2D eigenvalue weighted by Crippen LogP contribution is -2.53. The number of urea groups is 1. The number of piperazine rings is 1. The summed E-state index contributed by atoms with van der Waals surface area (Å²) in [5.41, 5.74) is 0. The van der Waals surface area contributed by atoms with E-state index in [0.717, 1.165) is 12.8 Å². The van der Waals surface area contributed by atoms with Crippen molar-refractivity contribution in [2.24, 2.45) is 0 Å². The van der Waals surface area contributed by atoms with Gasteiger partial charge in [0, 0.05) is 32.2 Å². The van der Waals surface area contributed by atoms with E-state index in [-0.39, 0.29) is 30.4 Å². The van der Waals surface area contributed by atoms with E-state index in [0.29, 0.717) is 31.9 Å². The van der Waals surface area contributed by atoms with E-state index in [1.54, 1.807) is 21.9 Å². The van der Waals surface area contributed by atoms with E-state index in [1.165, 1.54) is 6.26 Å². The van der Waals surface area contributed by atoms with E-state index in [2.05, 4.69) is 10.6 Å². The topological polar surface area (TPSA) is 94.9 Å². The molecule has 0 atom stereocenters. The Morgan fingerprint density at radius 1 is 1.13 bits per heavy atom. The highest BCUT2D eigenvalue weighted by Gasteiger charge is 2.27. The third kappa shape index (κ3) is 4.02. The molecule has 8 nitrogen and oxygen atoms in total. The minimum Gasteiger partial charge on any atom is -0.459 e. The quantitative estimate of drug-likeness (QED) is 0.818. The normalized spacial score (nSPS) is 17.7. The molecule has 124 valence electrons. The number of amides is 4. The molecule has 2 fully saturated rings. The first-order chi connectivity index (χ1) is 11.1. The van der Waals surface area contributed by atoms with Crippen molar-refractivity contribution in [3.8, 4) is 0 Å². The molecule has 3 rings (SSSR count). The number of nitrogens with zero attached hydrogens (tertiary/aromatic N) is 2. The van der Waals surface area contributed by atoms with Gasteiger partial charge in [0.25, 0.3) is 5.91 Å². The van der Waals surface area contributed by atoms with E-state index >= 15 is 0 Å². The van der Waals surface area contributed by atoms with Crippen LogP contribution in [0.1, 0.15) is 23.4 Å². The molecule has 0 radical (unpaired) electrons. The molecule has 1 saturated carbocycles. The summed E-state index contributed by atoms with van der Waals surface area (Å²) in [4.78, 5) is 39.0. The maximum absolute atomic E-state index is 12.1. The number of furan rings is 1. The molecule has 0 bridgehead atoms. The second-order valence-corrected chi connectivity index (χ2v) is 5.75. The molecule has 1 aromatic rings. The summed E-state index contributed by atoms with van der Waals surface area (Å²) in [6.07, 6.45) is 3.48. The van der Waals surface area contributed by atoms with Crippen LogP contribution in [0.15, 0.2) is 22.8 Å². The van der Waals surface area contributed by atoms with Crippen LogP contribution < -0.4 is 10.6 Å². The van der Waals surface area contributed by atoms with Crippen molar-refractivity contribution in [2.75, 3.05) is 32.7 Å². The fraction of sp³-hybridized carbons (Fsp3) is 0.533. The van der Waals surface area contributed by atoms with Gasteiger partial charge in [-0.15, -0.1) is 0 Å². The summed E-state index contributed by atoms with van der Waals surface area (Å²) in [5.74, 6) is 0.00766. The highest BCUT2D eigenvalue weighted by Crippen LogP contribution is 2.18. The molecule has 23 heavy (non-hydrogen) atoms. The van der Waals surface area contributed by atoms with Crippen LogP contribution >= 0.6 is 0 Å². The summed E-state index contributed by atoms with van der Waals surface area (Å²) in [6.45, 7) is 1.80. The van der Waals surface area contributed by atoms with E-state index in [1.807, 2.05) is 0 Å². The standard InChI is InChI=1S/C15H20N4O4/c20-13(10-16-15(22)17-11-3-4-11)18-5-7-19(8-6-18)14(21)12-2-1-9-23-12/h1-2,9,11H,3-8,10H2,(H2,16,17,22). The van der Waals surface area contributed by atoms with E-state index in [9.17, 15) is 14.4 Å². The number of carbonyl (C=O) groups is 3. The van der Waals surface area contributed by atoms with E-state index < -0.39 is 0 Å². The lowest BCUT2D eigenvalue weighted by molar-refractivity contribution is -0.131. The number of hydrogen-bond donors (Lipinski definition) is 2. The lowest BCUT2D eigenvalue weighted by Gasteiger charge is -2.34. The molecular formula is C15H20N4O4. The fourth-order valence-corrected chi connectivity index (χ4v) is 2.45. The third-order valence-electron chi connectivity index (χ3n) is 3.96. The Balaban J connectivity index is 1.40. The van der Waals surface area contributed by atoms with Crippen LogP contribution in [0.2, 0.25) is 0 Å². The molecular weight excluding hydrogens is 300 g/mol. The van der Waals surface area contributed by atoms with Crippen molar-refractivity contribution in [3.63, 3.8) is 0 Å². The number of rotatable bonds is 4. The van der Waals surface area contributed by atoms with Crippen molar-refractivity contribution >= 4 is 17.8 Å². The third-order valence-corrected chi connectivity index (χ3v) is 3.96. The molecule has 2 N–H and O–H groups in total. The van der Waals surface area contributed by atoms with Gasteiger partial charge in [-0.25, -0.2) is 4.79 Å². The summed E-state index contributed by atoms with van der Waals surface area (Å²) in [7, 11) is 0. The first-order valence-electron chi connectivity index (χ1n) is 7.78. The first kappa shape index (κ1) is 15.4. The van der Waals surface area contributed by atoms with Gasteiger partial charge in [-0.3, -0.25) is 9.59 Å². The SMILES string of the molecule is O=C(NCC(=O)N1CCN(C(=O)c2ccco2)CC1)NC1CC1. The van der Waals surface area contributed by atoms with Crippen molar-refractivity contribution in [1.82, 2.24) is 20.4 Å². The molecule has 0 unspecified atom stereocenters. The van der Waals surface area contributed by atoms with Crippen molar-refractivity contribution < 1.29 is 18.8 Å². The molecule has 1 aliphatic carbocycles. The maximum atomic E-state index is 12.1. The van der Waals surface area contributed by atoms with Gasteiger partial charge in [-0.2, -0.15) is 0 Å². The van der Waals surface area contributed by atoms with Gasteiger partial charge in [-0.1, -0.05) is 0 Å². The Hall–Kier alpha value is -2.51. The Morgan fingerprint density at radius 3 is 2.43 bits per heavy atom. The van der Waals surface area contributed by atoms with Gasteiger partial charge < -0.3 is 24.9 Å². The average molecular weight is 320 g/mol. The molecule has 0 spiro atoms. The monoisotopic (exact) mass is 320 g/mol. The summed E-state index contributed by atoms with van der Waals surface area (Å²) in [6, 6.07) is 3.27. The summed E-state index contributed by atoms with van der Waals surface area (Å²) in [5, 5.41) is 5.34. The molecule has 8 heteroatoms. The van der Waals surface area contributed by atoms with Gasteiger partial charge >= 0.3 is 6.03 Å². The molecule has 1 saturated heterocycles. The van der Waals surface area contributed by atoms with Gasteiger partial charge in [0.2, 0.25) is 5.91 Å². The van der Waals surface area contributed by atoms with Crippen LogP contribution in [0, 0.1) is 0 Å². The first-order valence-corrected chi connectivity index (χ1v) is 7.78. The molecule has 2 aliphatic rings. The Kier molecular flexibility index (Phi) is 4.50. The fourth-order valence-electron chi connectivity index (χ4n) is 2.45. The van der Waals surface area contributed by atoms with Crippen molar-refractivity contribution in [1.29, 1.82) is 0 Å². The zero-order chi connectivity index (χ0) is 16.2. The van der Waals surface area contributed by atoms with Crippen molar-refractivity contribution in [2.45, 2.75) is 18.9 Å². The lowest BCUT2D eigenvalue weighted by atomic mass is 10.2. The van der Waals surface area contributed by atoms with Crippen LogP contribution in [0.5, 0.6) is 0 Å². The second kappa shape index (κ2) is 6.72. The average Bonchev–Trinajstić information content (AvgIpc) is 3.21. The minimum absolute atomic E-state index is 0.0231. The smallest absolute Gasteiger partial charge is 0.315 e. The van der Waals surface area contributed by atoms with Gasteiger partial charge in [-0.05, 0) is 25.0 Å².